The maximum Gasteiger partial charge on any atom is 0.335 e. The Balaban J connectivity index is 1.27. The van der Waals surface area contributed by atoms with Gasteiger partial charge >= 0.3 is 11.9 Å². The lowest BCUT2D eigenvalue weighted by Gasteiger charge is -2.62. The molecule has 0 aromatic heterocycles. The van der Waals surface area contributed by atoms with E-state index < -0.39 is 48.7 Å². The highest BCUT2D eigenvalue weighted by Gasteiger charge is 2.63. The van der Waals surface area contributed by atoms with Crippen LogP contribution in [0.15, 0.2) is 0 Å². The Labute approximate surface area is 236 Å². The maximum atomic E-state index is 11.6. The van der Waals surface area contributed by atoms with Crippen LogP contribution in [0.3, 0.4) is 0 Å². The Bertz CT molecular complexity index is 959. The van der Waals surface area contributed by atoms with Gasteiger partial charge in [-0.1, -0.05) is 20.8 Å². The summed E-state index contributed by atoms with van der Waals surface area (Å²) in [6.07, 6.45) is -0.687. The van der Waals surface area contributed by atoms with Crippen molar-refractivity contribution in [3.8, 4) is 0 Å². The van der Waals surface area contributed by atoms with E-state index in [0.29, 0.717) is 49.4 Å². The summed E-state index contributed by atoms with van der Waals surface area (Å²) in [5.74, 6) is -0.107. The summed E-state index contributed by atoms with van der Waals surface area (Å²) in [5.41, 5.74) is 0.146. The van der Waals surface area contributed by atoms with E-state index in [2.05, 4.69) is 20.8 Å². The van der Waals surface area contributed by atoms with Gasteiger partial charge in [0.05, 0.1) is 12.2 Å². The molecular weight excluding hydrogens is 520 g/mol. The highest BCUT2D eigenvalue weighted by atomic mass is 16.7. The van der Waals surface area contributed by atoms with E-state index in [1.165, 1.54) is 0 Å². The summed E-state index contributed by atoms with van der Waals surface area (Å²) in [4.78, 5) is 22.7. The second-order valence-corrected chi connectivity index (χ2v) is 14.2. The number of hydrogen-bond acceptors (Lipinski definition) is 8. The minimum atomic E-state index is -1.75. The molecule has 0 radical (unpaired) electrons. The standard InChI is InChI=1S/C30H48O10/c1-14(4-7-21(32)33)17-5-6-18-22-19(9-11-30(17,18)3)29(2)10-8-16(12-15(29)13-20(22)31)39-28-25(36)23(34)24(35)26(40-28)27(37)38/h14-20,22-26,28,31,34-36H,4-13H2,1-3H3,(H,32,33)(H,37,38)/t14-,15+,16-,17-,18+,19+,20-,22+,23-,24+,25-,26?,28-,29+,30-/m1/s1. The zero-order valence-corrected chi connectivity index (χ0v) is 23.9. The first-order valence-electron chi connectivity index (χ1n) is 15.3. The van der Waals surface area contributed by atoms with Crippen molar-refractivity contribution in [3.63, 3.8) is 0 Å². The van der Waals surface area contributed by atoms with Gasteiger partial charge in [0.15, 0.2) is 12.4 Å². The van der Waals surface area contributed by atoms with Gasteiger partial charge in [0.25, 0.3) is 0 Å². The Morgan fingerprint density at radius 3 is 2.25 bits per heavy atom. The van der Waals surface area contributed by atoms with E-state index in [9.17, 15) is 40.2 Å². The molecule has 0 bridgehead atoms. The molecule has 1 unspecified atom stereocenters. The molecule has 10 heteroatoms. The molecule has 1 aliphatic heterocycles. The first-order valence-corrected chi connectivity index (χ1v) is 15.3. The number of carboxylic acid groups (broad SMARTS) is 2. The van der Waals surface area contributed by atoms with Crippen molar-refractivity contribution >= 4 is 11.9 Å². The molecule has 5 rings (SSSR count). The molecular formula is C30H48O10. The summed E-state index contributed by atoms with van der Waals surface area (Å²) in [6.45, 7) is 6.95. The molecule has 0 amide bonds. The quantitative estimate of drug-likeness (QED) is 0.250. The summed E-state index contributed by atoms with van der Waals surface area (Å²) in [5, 5.41) is 60.8. The van der Waals surface area contributed by atoms with Crippen molar-refractivity contribution in [1.82, 2.24) is 0 Å². The Morgan fingerprint density at radius 2 is 1.57 bits per heavy atom. The van der Waals surface area contributed by atoms with Crippen molar-refractivity contribution in [3.05, 3.63) is 0 Å². The van der Waals surface area contributed by atoms with Gasteiger partial charge in [0.2, 0.25) is 0 Å². The Kier molecular flexibility index (Phi) is 8.36. The second kappa shape index (κ2) is 11.1. The predicted octanol–water partition coefficient (Wildman–Crippen LogP) is 2.39. The van der Waals surface area contributed by atoms with Crippen LogP contribution < -0.4 is 0 Å². The third-order valence-electron chi connectivity index (χ3n) is 12.3. The van der Waals surface area contributed by atoms with Crippen LogP contribution in [-0.4, -0.2) is 85.5 Å². The topological polar surface area (TPSA) is 174 Å². The van der Waals surface area contributed by atoms with E-state index in [0.717, 1.165) is 32.1 Å². The van der Waals surface area contributed by atoms with Gasteiger partial charge in [-0.25, -0.2) is 4.79 Å². The van der Waals surface area contributed by atoms with Gasteiger partial charge < -0.3 is 40.1 Å². The highest BCUT2D eigenvalue weighted by Crippen LogP contribution is 2.68. The lowest BCUT2D eigenvalue weighted by atomic mass is 9.43. The fourth-order valence-corrected chi connectivity index (χ4v) is 10.2. The van der Waals surface area contributed by atoms with Gasteiger partial charge in [-0.2, -0.15) is 0 Å². The number of aliphatic hydroxyl groups excluding tert-OH is 4. The summed E-state index contributed by atoms with van der Waals surface area (Å²) in [7, 11) is 0. The van der Waals surface area contributed by atoms with E-state index in [-0.39, 0.29) is 35.2 Å². The number of carbonyl (C=O) groups is 2. The van der Waals surface area contributed by atoms with Crippen molar-refractivity contribution in [2.45, 2.75) is 128 Å². The fourth-order valence-electron chi connectivity index (χ4n) is 10.2. The van der Waals surface area contributed by atoms with Crippen LogP contribution in [-0.2, 0) is 19.1 Å². The second-order valence-electron chi connectivity index (χ2n) is 14.2. The zero-order chi connectivity index (χ0) is 29.1. The summed E-state index contributed by atoms with van der Waals surface area (Å²) in [6, 6.07) is 0. The van der Waals surface area contributed by atoms with Gasteiger partial charge in [-0.15, -0.1) is 0 Å². The molecule has 228 valence electrons. The molecule has 1 saturated heterocycles. The molecule has 5 aliphatic rings. The van der Waals surface area contributed by atoms with Crippen molar-refractivity contribution in [2.24, 2.45) is 46.3 Å². The predicted molar refractivity (Wildman–Crippen MR) is 142 cm³/mol. The summed E-state index contributed by atoms with van der Waals surface area (Å²) >= 11 is 0. The summed E-state index contributed by atoms with van der Waals surface area (Å²) < 4.78 is 11.4. The SMILES string of the molecule is C[C@H](CCC(=O)O)[C@H]1CC[C@H]2[C@@H]3[C@H](O)C[C@@H]4C[C@H](O[C@@H]5OC(C(=O)O)[C@@H](O)[C@@H](O)[C@H]5O)CC[C@]4(C)[C@H]3CC[C@]12C. The van der Waals surface area contributed by atoms with E-state index in [1.807, 2.05) is 0 Å². The van der Waals surface area contributed by atoms with Gasteiger partial charge in [0.1, 0.15) is 18.3 Å². The molecule has 40 heavy (non-hydrogen) atoms. The highest BCUT2D eigenvalue weighted by molar-refractivity contribution is 5.73. The van der Waals surface area contributed by atoms with E-state index >= 15 is 0 Å². The number of carboxylic acids is 2. The van der Waals surface area contributed by atoms with Crippen LogP contribution in [0.1, 0.15) is 85.0 Å². The monoisotopic (exact) mass is 568 g/mol. The largest absolute Gasteiger partial charge is 0.481 e. The Hall–Kier alpha value is -1.30. The first-order chi connectivity index (χ1) is 18.8. The van der Waals surface area contributed by atoms with Crippen LogP contribution in [0.4, 0.5) is 0 Å². The van der Waals surface area contributed by atoms with E-state index in [4.69, 9.17) is 9.47 Å². The van der Waals surface area contributed by atoms with Crippen molar-refractivity contribution in [2.75, 3.05) is 0 Å². The van der Waals surface area contributed by atoms with Crippen LogP contribution >= 0.6 is 0 Å². The number of aliphatic carboxylic acids is 2. The molecule has 4 saturated carbocycles. The molecule has 0 spiro atoms. The number of ether oxygens (including phenoxy) is 2. The normalized spacial score (nSPS) is 51.3. The average molecular weight is 569 g/mol. The average Bonchev–Trinajstić information content (AvgIpc) is 3.25. The molecule has 4 aliphatic carbocycles. The molecule has 15 atom stereocenters. The first kappa shape index (κ1) is 30.2. The minimum Gasteiger partial charge on any atom is -0.481 e. The van der Waals surface area contributed by atoms with Gasteiger partial charge in [-0.05, 0) is 104 Å². The van der Waals surface area contributed by atoms with Crippen molar-refractivity contribution < 1.29 is 49.7 Å². The number of aliphatic hydroxyl groups is 4. The minimum absolute atomic E-state index is 0.0312. The molecule has 0 aromatic carbocycles. The third-order valence-corrected chi connectivity index (χ3v) is 12.3. The van der Waals surface area contributed by atoms with Gasteiger partial charge in [0, 0.05) is 6.42 Å². The van der Waals surface area contributed by atoms with Crippen LogP contribution in [0.2, 0.25) is 0 Å². The Morgan fingerprint density at radius 1 is 0.900 bits per heavy atom. The lowest BCUT2D eigenvalue weighted by molar-refractivity contribution is -0.310. The third kappa shape index (κ3) is 5.00. The zero-order valence-electron chi connectivity index (χ0n) is 23.9. The van der Waals surface area contributed by atoms with Crippen molar-refractivity contribution in [1.29, 1.82) is 0 Å². The van der Waals surface area contributed by atoms with Crippen LogP contribution in [0.25, 0.3) is 0 Å². The number of rotatable bonds is 7. The smallest absolute Gasteiger partial charge is 0.335 e. The fraction of sp³-hybridized carbons (Fsp3) is 0.933. The van der Waals surface area contributed by atoms with Crippen LogP contribution in [0, 0.1) is 46.3 Å². The maximum absolute atomic E-state index is 11.6. The molecule has 0 aromatic rings. The van der Waals surface area contributed by atoms with Crippen LogP contribution in [0.5, 0.6) is 0 Å². The number of fused-ring (bicyclic) bond motifs is 5. The molecule has 5 fully saturated rings. The lowest BCUT2D eigenvalue weighted by Crippen LogP contribution is -2.61. The van der Waals surface area contributed by atoms with Gasteiger partial charge in [-0.3, -0.25) is 4.79 Å². The molecule has 1 heterocycles. The van der Waals surface area contributed by atoms with E-state index in [1.54, 1.807) is 0 Å². The number of hydrogen-bond donors (Lipinski definition) is 6. The molecule has 6 N–H and O–H groups in total. The molecule has 10 nitrogen and oxygen atoms in total.